The molecule has 2 rings (SSSR count). The zero-order chi connectivity index (χ0) is 9.97. The lowest BCUT2D eigenvalue weighted by molar-refractivity contribution is 1.22. The summed E-state index contributed by atoms with van der Waals surface area (Å²) in [6.45, 7) is 2.07. The van der Waals surface area contributed by atoms with E-state index in [0.29, 0.717) is 0 Å². The fourth-order valence-electron chi connectivity index (χ4n) is 1.27. The molecule has 0 saturated carbocycles. The van der Waals surface area contributed by atoms with Crippen LogP contribution in [-0.4, -0.2) is 4.98 Å². The van der Waals surface area contributed by atoms with E-state index >= 15 is 0 Å². The van der Waals surface area contributed by atoms with Crippen LogP contribution in [0.2, 0.25) is 0 Å². The Morgan fingerprint density at radius 2 is 1.71 bits per heavy atom. The maximum atomic E-state index is 4.53. The van der Waals surface area contributed by atoms with Crippen LogP contribution in [0.3, 0.4) is 0 Å². The summed E-state index contributed by atoms with van der Waals surface area (Å²) in [4.78, 5) is 4.53. The van der Waals surface area contributed by atoms with Crippen molar-refractivity contribution in [2.24, 2.45) is 0 Å². The molecule has 0 atom stereocenters. The highest BCUT2D eigenvalue weighted by Gasteiger charge is 2.00. The Kier molecular flexibility index (Phi) is 2.82. The summed E-state index contributed by atoms with van der Waals surface area (Å²) in [5.41, 5.74) is 3.44. The Hall–Kier alpha value is -0.900. The molecule has 0 aliphatic heterocycles. The van der Waals surface area contributed by atoms with Gasteiger partial charge in [0.2, 0.25) is 0 Å². The van der Waals surface area contributed by atoms with Crippen molar-refractivity contribution < 1.29 is 0 Å². The van der Waals surface area contributed by atoms with E-state index in [9.17, 15) is 0 Å². The second-order valence-electron chi connectivity index (χ2n) is 3.17. The van der Waals surface area contributed by atoms with Crippen LogP contribution >= 0.6 is 22.6 Å². The van der Waals surface area contributed by atoms with Crippen LogP contribution in [0.5, 0.6) is 0 Å². The number of halogens is 1. The van der Waals surface area contributed by atoms with Crippen LogP contribution in [0, 0.1) is 10.6 Å². The summed E-state index contributed by atoms with van der Waals surface area (Å²) < 4.78 is 1.07. The normalized spacial score (nSPS) is 10.1. The molecule has 0 unspecified atom stereocenters. The van der Waals surface area contributed by atoms with E-state index in [4.69, 9.17) is 0 Å². The number of nitrogens with zero attached hydrogens (tertiary/aromatic N) is 1. The summed E-state index contributed by atoms with van der Waals surface area (Å²) in [6.07, 6.45) is 0. The smallest absolute Gasteiger partial charge is 0.104 e. The largest absolute Gasteiger partial charge is 0.242 e. The second-order valence-corrected chi connectivity index (χ2v) is 4.19. The van der Waals surface area contributed by atoms with Crippen LogP contribution in [-0.2, 0) is 0 Å². The van der Waals surface area contributed by atoms with Crippen molar-refractivity contribution in [3.05, 3.63) is 51.7 Å². The molecule has 0 spiro atoms. The molecule has 0 aliphatic rings. The van der Waals surface area contributed by atoms with Gasteiger partial charge in [0.1, 0.15) is 3.70 Å². The zero-order valence-electron chi connectivity index (χ0n) is 7.87. The van der Waals surface area contributed by atoms with Gasteiger partial charge < -0.3 is 0 Å². The molecule has 0 radical (unpaired) electrons. The Balaban J connectivity index is 2.48. The average molecular weight is 295 g/mol. The lowest BCUT2D eigenvalue weighted by Crippen LogP contribution is -1.89. The molecule has 0 N–H and O–H groups in total. The number of aromatic nitrogens is 1. The van der Waals surface area contributed by atoms with Gasteiger partial charge in [-0.05, 0) is 41.1 Å². The Bertz CT molecular complexity index is 437. The SMILES string of the molecule is Cc1ccc(-c2ccccc2)nc1I. The van der Waals surface area contributed by atoms with Gasteiger partial charge in [-0.15, -0.1) is 0 Å². The van der Waals surface area contributed by atoms with E-state index < -0.39 is 0 Å². The van der Waals surface area contributed by atoms with Crippen molar-refractivity contribution in [2.75, 3.05) is 0 Å². The first kappa shape index (κ1) is 9.65. The van der Waals surface area contributed by atoms with Crippen LogP contribution < -0.4 is 0 Å². The van der Waals surface area contributed by atoms with Gasteiger partial charge in [0, 0.05) is 5.56 Å². The maximum Gasteiger partial charge on any atom is 0.104 e. The predicted molar refractivity (Wildman–Crippen MR) is 67.1 cm³/mol. The third-order valence-corrected chi connectivity index (χ3v) is 3.20. The molecule has 0 fully saturated rings. The molecule has 2 heteroatoms. The number of pyridine rings is 1. The number of hydrogen-bond acceptors (Lipinski definition) is 1. The molecule has 1 aromatic heterocycles. The highest BCUT2D eigenvalue weighted by Crippen LogP contribution is 2.19. The first-order chi connectivity index (χ1) is 6.77. The summed E-state index contributed by atoms with van der Waals surface area (Å²) in [5, 5.41) is 0. The maximum absolute atomic E-state index is 4.53. The number of benzene rings is 1. The van der Waals surface area contributed by atoms with Crippen molar-refractivity contribution >= 4 is 22.6 Å². The Morgan fingerprint density at radius 3 is 2.36 bits per heavy atom. The average Bonchev–Trinajstić information content (AvgIpc) is 2.23. The van der Waals surface area contributed by atoms with E-state index in [-0.39, 0.29) is 0 Å². The quantitative estimate of drug-likeness (QED) is 0.578. The molecule has 1 nitrogen and oxygen atoms in total. The van der Waals surface area contributed by atoms with Crippen molar-refractivity contribution in [3.63, 3.8) is 0 Å². The van der Waals surface area contributed by atoms with Crippen molar-refractivity contribution in [1.29, 1.82) is 0 Å². The molecule has 1 aromatic carbocycles. The van der Waals surface area contributed by atoms with Gasteiger partial charge >= 0.3 is 0 Å². The summed E-state index contributed by atoms with van der Waals surface area (Å²) in [6, 6.07) is 14.4. The Labute approximate surface area is 97.3 Å². The molecule has 0 amide bonds. The molecule has 0 aliphatic carbocycles. The van der Waals surface area contributed by atoms with Crippen LogP contribution in [0.1, 0.15) is 5.56 Å². The number of aryl methyl sites for hydroxylation is 1. The van der Waals surface area contributed by atoms with Gasteiger partial charge in [0.15, 0.2) is 0 Å². The van der Waals surface area contributed by atoms with E-state index in [2.05, 4.69) is 58.8 Å². The van der Waals surface area contributed by atoms with Crippen LogP contribution in [0.4, 0.5) is 0 Å². The van der Waals surface area contributed by atoms with Gasteiger partial charge in [-0.1, -0.05) is 36.4 Å². The van der Waals surface area contributed by atoms with E-state index in [1.165, 1.54) is 11.1 Å². The molecule has 14 heavy (non-hydrogen) atoms. The number of rotatable bonds is 1. The first-order valence-electron chi connectivity index (χ1n) is 4.46. The monoisotopic (exact) mass is 295 g/mol. The molecule has 0 saturated heterocycles. The third-order valence-electron chi connectivity index (χ3n) is 2.10. The van der Waals surface area contributed by atoms with Gasteiger partial charge in [0.25, 0.3) is 0 Å². The predicted octanol–water partition coefficient (Wildman–Crippen LogP) is 3.66. The Morgan fingerprint density at radius 1 is 1.00 bits per heavy atom. The summed E-state index contributed by atoms with van der Waals surface area (Å²) in [7, 11) is 0. The van der Waals surface area contributed by atoms with E-state index in [1.807, 2.05) is 18.2 Å². The van der Waals surface area contributed by atoms with Crippen molar-refractivity contribution in [2.45, 2.75) is 6.92 Å². The highest BCUT2D eigenvalue weighted by atomic mass is 127. The van der Waals surface area contributed by atoms with Crippen LogP contribution in [0.15, 0.2) is 42.5 Å². The fourth-order valence-corrected chi connectivity index (χ4v) is 1.71. The zero-order valence-corrected chi connectivity index (χ0v) is 10.0. The fraction of sp³-hybridized carbons (Fsp3) is 0.0833. The van der Waals surface area contributed by atoms with Crippen molar-refractivity contribution in [1.82, 2.24) is 4.98 Å². The first-order valence-corrected chi connectivity index (χ1v) is 5.54. The topological polar surface area (TPSA) is 12.9 Å². The molecule has 1 heterocycles. The van der Waals surface area contributed by atoms with E-state index in [1.54, 1.807) is 0 Å². The van der Waals surface area contributed by atoms with E-state index in [0.717, 1.165) is 9.39 Å². The molecule has 70 valence electrons. The van der Waals surface area contributed by atoms with Gasteiger partial charge in [-0.3, -0.25) is 0 Å². The van der Waals surface area contributed by atoms with Crippen LogP contribution in [0.25, 0.3) is 11.3 Å². The van der Waals surface area contributed by atoms with Gasteiger partial charge in [-0.25, -0.2) is 4.98 Å². The minimum atomic E-state index is 1.04. The van der Waals surface area contributed by atoms with Gasteiger partial charge in [0.05, 0.1) is 5.69 Å². The lowest BCUT2D eigenvalue weighted by atomic mass is 10.1. The molecular weight excluding hydrogens is 285 g/mol. The lowest BCUT2D eigenvalue weighted by Gasteiger charge is -2.02. The minimum Gasteiger partial charge on any atom is -0.242 e. The minimum absolute atomic E-state index is 1.04. The highest BCUT2D eigenvalue weighted by molar-refractivity contribution is 14.1. The molecular formula is C12H10IN. The van der Waals surface area contributed by atoms with Crippen molar-refractivity contribution in [3.8, 4) is 11.3 Å². The summed E-state index contributed by atoms with van der Waals surface area (Å²) >= 11 is 2.27. The standard InChI is InChI=1S/C12H10IN/c1-9-7-8-11(14-12(9)13)10-5-3-2-4-6-10/h2-8H,1H3. The molecule has 0 bridgehead atoms. The molecule has 2 aromatic rings. The number of hydrogen-bond donors (Lipinski definition) is 0. The second kappa shape index (κ2) is 4.09. The van der Waals surface area contributed by atoms with Gasteiger partial charge in [-0.2, -0.15) is 0 Å². The third kappa shape index (κ3) is 1.95. The summed E-state index contributed by atoms with van der Waals surface area (Å²) in [5.74, 6) is 0.